The van der Waals surface area contributed by atoms with E-state index in [4.69, 9.17) is 11.6 Å². The minimum absolute atomic E-state index is 0.284. The highest BCUT2D eigenvalue weighted by Gasteiger charge is 2.13. The Kier molecular flexibility index (Phi) is 3.62. The molecule has 3 heterocycles. The molecule has 0 amide bonds. The van der Waals surface area contributed by atoms with Crippen LogP contribution in [0.25, 0.3) is 39.1 Å². The summed E-state index contributed by atoms with van der Waals surface area (Å²) in [5, 5.41) is 5.83. The van der Waals surface area contributed by atoms with Crippen molar-refractivity contribution in [3.63, 3.8) is 0 Å². The third kappa shape index (κ3) is 2.73. The quantitative estimate of drug-likeness (QED) is 0.388. The first-order valence-electron chi connectivity index (χ1n) is 8.35. The van der Waals surface area contributed by atoms with Gasteiger partial charge in [0.25, 0.3) is 0 Å². The Morgan fingerprint density at radius 2 is 1.67 bits per heavy atom. The van der Waals surface area contributed by atoms with Crippen molar-refractivity contribution >= 4 is 28.3 Å². The van der Waals surface area contributed by atoms with Crippen LogP contribution >= 0.6 is 11.6 Å². The monoisotopic (exact) mass is 374 g/mol. The zero-order valence-electron chi connectivity index (χ0n) is 14.0. The number of halogens is 2. The summed E-state index contributed by atoms with van der Waals surface area (Å²) in [4.78, 5) is 9.05. The summed E-state index contributed by atoms with van der Waals surface area (Å²) < 4.78 is 14.8. The van der Waals surface area contributed by atoms with Gasteiger partial charge in [0.05, 0.1) is 5.69 Å². The molecule has 0 fully saturated rings. The summed E-state index contributed by atoms with van der Waals surface area (Å²) in [5.41, 5.74) is 4.61. The lowest BCUT2D eigenvalue weighted by Crippen LogP contribution is -1.97. The molecule has 27 heavy (non-hydrogen) atoms. The molecule has 0 aliphatic heterocycles. The standard InChI is InChI=1S/C21H12ClFN4/c22-20-17(13-4-2-1-3-5-13)10-15-12-24-19-11-18(26-27(19)21(15)25-20)14-6-8-16(23)9-7-14/h1-12H. The minimum atomic E-state index is -0.284. The molecule has 0 aliphatic rings. The Morgan fingerprint density at radius 3 is 2.44 bits per heavy atom. The Morgan fingerprint density at radius 1 is 0.889 bits per heavy atom. The third-order valence-electron chi connectivity index (χ3n) is 4.44. The molecule has 2 aromatic carbocycles. The van der Waals surface area contributed by atoms with E-state index in [9.17, 15) is 4.39 Å². The highest BCUT2D eigenvalue weighted by Crippen LogP contribution is 2.30. The van der Waals surface area contributed by atoms with Crippen molar-refractivity contribution in [1.82, 2.24) is 19.6 Å². The van der Waals surface area contributed by atoms with Crippen LogP contribution in [0.3, 0.4) is 0 Å². The van der Waals surface area contributed by atoms with Crippen LogP contribution < -0.4 is 0 Å². The molecule has 0 spiro atoms. The van der Waals surface area contributed by atoms with E-state index in [1.165, 1.54) is 12.1 Å². The first-order chi connectivity index (χ1) is 13.2. The summed E-state index contributed by atoms with van der Waals surface area (Å²) in [7, 11) is 0. The van der Waals surface area contributed by atoms with E-state index in [2.05, 4.69) is 15.1 Å². The van der Waals surface area contributed by atoms with Crippen LogP contribution in [0.5, 0.6) is 0 Å². The van der Waals surface area contributed by atoms with E-state index < -0.39 is 0 Å². The number of hydrogen-bond acceptors (Lipinski definition) is 3. The third-order valence-corrected chi connectivity index (χ3v) is 4.72. The Bertz CT molecular complexity index is 1280. The van der Waals surface area contributed by atoms with Gasteiger partial charge in [-0.15, -0.1) is 0 Å². The molecule has 0 bridgehead atoms. The maximum atomic E-state index is 13.2. The molecule has 4 nitrogen and oxygen atoms in total. The van der Waals surface area contributed by atoms with Gasteiger partial charge in [0.15, 0.2) is 11.3 Å². The molecule has 0 radical (unpaired) electrons. The lowest BCUT2D eigenvalue weighted by atomic mass is 10.1. The molecule has 0 saturated heterocycles. The first kappa shape index (κ1) is 15.9. The molecule has 0 atom stereocenters. The average molecular weight is 375 g/mol. The molecule has 0 unspecified atom stereocenters. The van der Waals surface area contributed by atoms with Gasteiger partial charge < -0.3 is 0 Å². The summed E-state index contributed by atoms with van der Waals surface area (Å²) in [6, 6.07) is 19.8. The SMILES string of the molecule is Fc1ccc(-c2cc3ncc4cc(-c5ccccc5)c(Cl)nc4n3n2)cc1. The van der Waals surface area contributed by atoms with Crippen molar-refractivity contribution in [2.24, 2.45) is 0 Å². The van der Waals surface area contributed by atoms with E-state index in [0.717, 1.165) is 22.1 Å². The molecule has 5 rings (SSSR count). The maximum absolute atomic E-state index is 13.2. The zero-order valence-corrected chi connectivity index (χ0v) is 14.7. The number of fused-ring (bicyclic) bond motifs is 3. The fraction of sp³-hybridized carbons (Fsp3) is 0. The smallest absolute Gasteiger partial charge is 0.166 e. The van der Waals surface area contributed by atoms with Crippen molar-refractivity contribution in [3.8, 4) is 22.4 Å². The van der Waals surface area contributed by atoms with Crippen LogP contribution in [0, 0.1) is 5.82 Å². The number of hydrogen-bond donors (Lipinski definition) is 0. The largest absolute Gasteiger partial charge is 0.236 e. The maximum Gasteiger partial charge on any atom is 0.166 e. The van der Waals surface area contributed by atoms with Crippen LogP contribution in [0.1, 0.15) is 0 Å². The second kappa shape index (κ2) is 6.14. The molecule has 3 aromatic heterocycles. The minimum Gasteiger partial charge on any atom is -0.236 e. The second-order valence-electron chi connectivity index (χ2n) is 6.17. The summed E-state index contributed by atoms with van der Waals surface area (Å²) in [6.45, 7) is 0. The van der Waals surface area contributed by atoms with Crippen molar-refractivity contribution in [2.75, 3.05) is 0 Å². The van der Waals surface area contributed by atoms with E-state index in [1.807, 2.05) is 42.5 Å². The van der Waals surface area contributed by atoms with E-state index in [0.29, 0.717) is 22.1 Å². The number of rotatable bonds is 2. The number of benzene rings is 2. The lowest BCUT2D eigenvalue weighted by Gasteiger charge is -2.07. The van der Waals surface area contributed by atoms with E-state index >= 15 is 0 Å². The van der Waals surface area contributed by atoms with Crippen LogP contribution in [-0.4, -0.2) is 19.6 Å². The van der Waals surface area contributed by atoms with Crippen molar-refractivity contribution in [2.45, 2.75) is 0 Å². The molecule has 130 valence electrons. The summed E-state index contributed by atoms with van der Waals surface area (Å²) >= 11 is 6.47. The molecule has 6 heteroatoms. The molecular formula is C21H12ClFN4. The van der Waals surface area contributed by atoms with Gasteiger partial charge in [-0.2, -0.15) is 9.61 Å². The van der Waals surface area contributed by atoms with Gasteiger partial charge in [-0.05, 0) is 35.9 Å². The van der Waals surface area contributed by atoms with Gasteiger partial charge in [-0.1, -0.05) is 41.9 Å². The second-order valence-corrected chi connectivity index (χ2v) is 6.53. The predicted molar refractivity (Wildman–Crippen MR) is 104 cm³/mol. The molecular weight excluding hydrogens is 363 g/mol. The highest BCUT2D eigenvalue weighted by molar-refractivity contribution is 6.32. The van der Waals surface area contributed by atoms with Crippen LogP contribution in [0.15, 0.2) is 72.9 Å². The number of nitrogens with zero attached hydrogens (tertiary/aromatic N) is 4. The average Bonchev–Trinajstić information content (AvgIpc) is 3.13. The van der Waals surface area contributed by atoms with Gasteiger partial charge in [0, 0.05) is 28.8 Å². The topological polar surface area (TPSA) is 43.1 Å². The van der Waals surface area contributed by atoms with Gasteiger partial charge in [-0.25, -0.2) is 14.4 Å². The van der Waals surface area contributed by atoms with Crippen molar-refractivity contribution in [1.29, 1.82) is 0 Å². The highest BCUT2D eigenvalue weighted by atomic mass is 35.5. The van der Waals surface area contributed by atoms with E-state index in [1.54, 1.807) is 22.8 Å². The fourth-order valence-electron chi connectivity index (χ4n) is 3.10. The normalized spacial score (nSPS) is 11.3. The molecule has 5 aromatic rings. The Hall–Kier alpha value is -3.31. The van der Waals surface area contributed by atoms with E-state index in [-0.39, 0.29) is 5.82 Å². The number of aromatic nitrogens is 4. The molecule has 0 N–H and O–H groups in total. The zero-order chi connectivity index (χ0) is 18.4. The summed E-state index contributed by atoms with van der Waals surface area (Å²) in [6.07, 6.45) is 1.76. The molecule has 0 aliphatic carbocycles. The first-order valence-corrected chi connectivity index (χ1v) is 8.73. The molecule has 0 saturated carbocycles. The van der Waals surface area contributed by atoms with Gasteiger partial charge >= 0.3 is 0 Å². The van der Waals surface area contributed by atoms with Gasteiger partial charge in [-0.3, -0.25) is 0 Å². The van der Waals surface area contributed by atoms with Crippen molar-refractivity contribution < 1.29 is 4.39 Å². The van der Waals surface area contributed by atoms with Gasteiger partial charge in [0.2, 0.25) is 0 Å². The predicted octanol–water partition coefficient (Wildman–Crippen LogP) is 5.40. The van der Waals surface area contributed by atoms with Gasteiger partial charge in [0.1, 0.15) is 11.0 Å². The van der Waals surface area contributed by atoms with Crippen LogP contribution in [0.2, 0.25) is 5.15 Å². The van der Waals surface area contributed by atoms with Crippen molar-refractivity contribution in [3.05, 3.63) is 83.9 Å². The Labute approximate surface area is 158 Å². The number of pyridine rings is 1. The fourth-order valence-corrected chi connectivity index (χ4v) is 3.34. The Balaban J connectivity index is 1.71. The van der Waals surface area contributed by atoms with Crippen LogP contribution in [0.4, 0.5) is 4.39 Å². The van der Waals surface area contributed by atoms with Crippen LogP contribution in [-0.2, 0) is 0 Å². The summed E-state index contributed by atoms with van der Waals surface area (Å²) in [5.74, 6) is -0.284. The lowest BCUT2D eigenvalue weighted by molar-refractivity contribution is 0.628.